The lowest BCUT2D eigenvalue weighted by molar-refractivity contribution is 0.141. The van der Waals surface area contributed by atoms with Crippen LogP contribution in [0.5, 0.6) is 0 Å². The summed E-state index contributed by atoms with van der Waals surface area (Å²) < 4.78 is 27.7. The SMILES string of the molecule is Cc1c(N2CCCCCC2)nc(C2CC2)nc1N1CC(O)C1.Cc1c(N2CCCCCC2)nc(C2CC2)nc1N1CC(OS(C)(=O)=O)C1. The van der Waals surface area contributed by atoms with E-state index in [2.05, 4.69) is 33.4 Å². The van der Waals surface area contributed by atoms with E-state index in [-0.39, 0.29) is 12.2 Å². The number of nitrogens with zero attached hydrogens (tertiary/aromatic N) is 8. The van der Waals surface area contributed by atoms with Crippen LogP contribution < -0.4 is 19.6 Å². The van der Waals surface area contributed by atoms with Crippen molar-refractivity contribution in [3.63, 3.8) is 0 Å². The molecule has 2 saturated carbocycles. The Balaban J connectivity index is 0.000000154. The van der Waals surface area contributed by atoms with Gasteiger partial charge in [-0.3, -0.25) is 4.18 Å². The predicted molar refractivity (Wildman–Crippen MR) is 189 cm³/mol. The van der Waals surface area contributed by atoms with Gasteiger partial charge in [0.15, 0.2) is 0 Å². The molecular formula is C35H54N8O4S. The molecule has 0 bridgehead atoms. The first-order valence-corrected chi connectivity index (χ1v) is 20.3. The van der Waals surface area contributed by atoms with Crippen molar-refractivity contribution in [2.24, 2.45) is 0 Å². The molecule has 0 spiro atoms. The molecule has 6 heterocycles. The molecule has 0 aromatic carbocycles. The van der Waals surface area contributed by atoms with E-state index < -0.39 is 10.1 Å². The van der Waals surface area contributed by atoms with E-state index >= 15 is 0 Å². The van der Waals surface area contributed by atoms with Gasteiger partial charge in [-0.1, -0.05) is 25.7 Å². The Bertz CT molecular complexity index is 1540. The summed E-state index contributed by atoms with van der Waals surface area (Å²) in [6.07, 6.45) is 15.6. The number of hydrogen-bond donors (Lipinski definition) is 1. The average Bonchev–Trinajstić information content (AvgIpc) is 3.89. The van der Waals surface area contributed by atoms with Crippen molar-refractivity contribution in [3.8, 4) is 0 Å². The van der Waals surface area contributed by atoms with Gasteiger partial charge >= 0.3 is 0 Å². The number of aromatic nitrogens is 4. The molecular weight excluding hydrogens is 629 g/mol. The van der Waals surface area contributed by atoms with Crippen LogP contribution in [0.4, 0.5) is 23.3 Å². The Morgan fingerprint density at radius 3 is 1.27 bits per heavy atom. The Morgan fingerprint density at radius 2 is 0.938 bits per heavy atom. The molecule has 0 atom stereocenters. The monoisotopic (exact) mass is 682 g/mol. The van der Waals surface area contributed by atoms with Gasteiger partial charge < -0.3 is 24.7 Å². The maximum absolute atomic E-state index is 11.3. The van der Waals surface area contributed by atoms with Gasteiger partial charge in [-0.25, -0.2) is 19.9 Å². The van der Waals surface area contributed by atoms with Crippen LogP contribution >= 0.6 is 0 Å². The molecule has 0 radical (unpaired) electrons. The van der Waals surface area contributed by atoms with Crippen molar-refractivity contribution in [2.75, 3.05) is 78.2 Å². The van der Waals surface area contributed by atoms with E-state index in [1.54, 1.807) is 0 Å². The molecule has 4 saturated heterocycles. The Labute approximate surface area is 286 Å². The Hall–Kier alpha value is -2.77. The van der Waals surface area contributed by atoms with Crippen LogP contribution in [0.25, 0.3) is 0 Å². The third-order valence-electron chi connectivity index (χ3n) is 10.5. The molecule has 264 valence electrons. The lowest BCUT2D eigenvalue weighted by Gasteiger charge is -2.40. The van der Waals surface area contributed by atoms with Crippen LogP contribution in [-0.2, 0) is 14.3 Å². The van der Waals surface area contributed by atoms with Crippen molar-refractivity contribution < 1.29 is 17.7 Å². The van der Waals surface area contributed by atoms with Crippen molar-refractivity contribution >= 4 is 33.4 Å². The Kier molecular flexibility index (Phi) is 9.99. The summed E-state index contributed by atoms with van der Waals surface area (Å²) >= 11 is 0. The van der Waals surface area contributed by atoms with E-state index in [1.807, 2.05) is 0 Å². The van der Waals surface area contributed by atoms with Gasteiger partial charge in [0.05, 0.1) is 12.4 Å². The van der Waals surface area contributed by atoms with Crippen LogP contribution in [0.15, 0.2) is 0 Å². The first kappa shape index (κ1) is 33.7. The summed E-state index contributed by atoms with van der Waals surface area (Å²) in [5.74, 6) is 7.27. The standard InChI is InChI=1S/C18H28N4O3S.C17H26N4O/c1-13-17(21-9-5-3-4-6-10-21)19-16(14-7-8-14)20-18(13)22-11-15(12-22)25-26(2,23)24;1-12-16(20-8-4-2-3-5-9-20)18-15(13-6-7-13)19-17(12)21-10-14(22)11-21/h14-15H,3-12H2,1-2H3;13-14,22H,2-11H2,1H3. The van der Waals surface area contributed by atoms with Gasteiger partial charge in [0.1, 0.15) is 41.0 Å². The number of anilines is 4. The molecule has 4 aliphatic heterocycles. The van der Waals surface area contributed by atoms with Crippen LogP contribution in [0.1, 0.15) is 112 Å². The lowest BCUT2D eigenvalue weighted by atomic mass is 10.1. The molecule has 6 aliphatic rings. The fourth-order valence-electron chi connectivity index (χ4n) is 7.41. The lowest BCUT2D eigenvalue weighted by Crippen LogP contribution is -2.53. The smallest absolute Gasteiger partial charge is 0.264 e. The number of hydrogen-bond acceptors (Lipinski definition) is 12. The van der Waals surface area contributed by atoms with Gasteiger partial charge in [0.25, 0.3) is 10.1 Å². The summed E-state index contributed by atoms with van der Waals surface area (Å²) in [6.45, 7) is 11.1. The van der Waals surface area contributed by atoms with Gasteiger partial charge in [0.2, 0.25) is 0 Å². The van der Waals surface area contributed by atoms with Crippen LogP contribution in [0.2, 0.25) is 0 Å². The summed E-state index contributed by atoms with van der Waals surface area (Å²) in [7, 11) is -3.41. The first-order chi connectivity index (χ1) is 23.1. The van der Waals surface area contributed by atoms with Crippen molar-refractivity contribution in [2.45, 2.75) is 115 Å². The zero-order valence-electron chi connectivity index (χ0n) is 29.1. The number of aliphatic hydroxyl groups is 1. The van der Waals surface area contributed by atoms with E-state index in [0.717, 1.165) is 72.9 Å². The van der Waals surface area contributed by atoms with E-state index in [0.29, 0.717) is 38.0 Å². The molecule has 13 heteroatoms. The van der Waals surface area contributed by atoms with Crippen LogP contribution in [0.3, 0.4) is 0 Å². The highest BCUT2D eigenvalue weighted by Crippen LogP contribution is 2.42. The maximum atomic E-state index is 11.3. The second-order valence-electron chi connectivity index (χ2n) is 14.9. The third-order valence-corrected chi connectivity index (χ3v) is 11.2. The normalized spacial score (nSPS) is 22.8. The molecule has 2 aromatic rings. The minimum atomic E-state index is -3.41. The Morgan fingerprint density at radius 1 is 0.583 bits per heavy atom. The highest BCUT2D eigenvalue weighted by atomic mass is 32.2. The molecule has 0 unspecified atom stereocenters. The molecule has 48 heavy (non-hydrogen) atoms. The van der Waals surface area contributed by atoms with E-state index in [9.17, 15) is 13.5 Å². The molecule has 8 rings (SSSR count). The zero-order chi connectivity index (χ0) is 33.4. The zero-order valence-corrected chi connectivity index (χ0v) is 29.9. The number of rotatable bonds is 8. The molecule has 6 fully saturated rings. The molecule has 12 nitrogen and oxygen atoms in total. The molecule has 0 amide bonds. The average molecular weight is 683 g/mol. The minimum absolute atomic E-state index is 0.194. The highest BCUT2D eigenvalue weighted by molar-refractivity contribution is 7.86. The van der Waals surface area contributed by atoms with Gasteiger partial charge in [-0.05, 0) is 65.2 Å². The van der Waals surface area contributed by atoms with E-state index in [4.69, 9.17) is 24.1 Å². The largest absolute Gasteiger partial charge is 0.389 e. The van der Waals surface area contributed by atoms with Crippen LogP contribution in [-0.4, -0.2) is 104 Å². The molecule has 2 aliphatic carbocycles. The van der Waals surface area contributed by atoms with Crippen molar-refractivity contribution in [1.82, 2.24) is 19.9 Å². The van der Waals surface area contributed by atoms with Crippen molar-refractivity contribution in [1.29, 1.82) is 0 Å². The minimum Gasteiger partial charge on any atom is -0.389 e. The van der Waals surface area contributed by atoms with Gasteiger partial charge in [0, 0.05) is 75.3 Å². The molecule has 1 N–H and O–H groups in total. The summed E-state index contributed by atoms with van der Waals surface area (Å²) in [5.41, 5.74) is 2.30. The summed E-state index contributed by atoms with van der Waals surface area (Å²) in [4.78, 5) is 28.8. The summed E-state index contributed by atoms with van der Waals surface area (Å²) in [6, 6.07) is 0. The van der Waals surface area contributed by atoms with Gasteiger partial charge in [-0.15, -0.1) is 0 Å². The fraction of sp³-hybridized carbons (Fsp3) is 0.771. The molecule has 2 aromatic heterocycles. The number of aliphatic hydroxyl groups excluding tert-OH is 1. The highest BCUT2D eigenvalue weighted by Gasteiger charge is 2.36. The maximum Gasteiger partial charge on any atom is 0.264 e. The third kappa shape index (κ3) is 7.99. The van der Waals surface area contributed by atoms with Crippen LogP contribution in [0, 0.1) is 13.8 Å². The topological polar surface area (TPSA) is 128 Å². The van der Waals surface area contributed by atoms with Gasteiger partial charge in [-0.2, -0.15) is 8.42 Å². The summed E-state index contributed by atoms with van der Waals surface area (Å²) in [5, 5.41) is 9.62. The fourth-order valence-corrected chi connectivity index (χ4v) is 8.03. The van der Waals surface area contributed by atoms with Crippen molar-refractivity contribution in [3.05, 3.63) is 22.8 Å². The second kappa shape index (κ2) is 14.2. The quantitative estimate of drug-likeness (QED) is 0.396. The second-order valence-corrected chi connectivity index (χ2v) is 16.5. The van der Waals surface area contributed by atoms with E-state index in [1.165, 1.54) is 82.6 Å². The predicted octanol–water partition coefficient (Wildman–Crippen LogP) is 4.43. The number of β-amino-alcohol motifs (C(OH)–C–C–N with tert-alkyl or cyclic N) is 1. The first-order valence-electron chi connectivity index (χ1n) is 18.5.